The topological polar surface area (TPSA) is 110 Å². The van der Waals surface area contributed by atoms with Crippen LogP contribution in [0.1, 0.15) is 18.9 Å². The van der Waals surface area contributed by atoms with E-state index in [9.17, 15) is 19.7 Å². The van der Waals surface area contributed by atoms with Crippen LogP contribution in [0.4, 0.5) is 5.69 Å². The average Bonchev–Trinajstić information content (AvgIpc) is 2.44. The number of Topliss-reactive ketones (excluding diaryl/α,β-unsaturated/α-hetero) is 1. The second kappa shape index (κ2) is 7.55. The molecular weight excluding hydrogens is 276 g/mol. The predicted molar refractivity (Wildman–Crippen MR) is 72.9 cm³/mol. The van der Waals surface area contributed by atoms with Crippen LogP contribution in [0.15, 0.2) is 29.8 Å². The summed E-state index contributed by atoms with van der Waals surface area (Å²) in [5, 5.41) is 19.0. The lowest BCUT2D eigenvalue weighted by molar-refractivity contribution is -0.384. The molecule has 0 N–H and O–H groups in total. The maximum atomic E-state index is 11.7. The Balaban J connectivity index is 3.02. The molecule has 0 heterocycles. The molecule has 0 unspecified atom stereocenters. The molecule has 0 spiro atoms. The molecule has 0 atom stereocenters. The first-order valence-corrected chi connectivity index (χ1v) is 5.97. The number of nitrogens with zero attached hydrogens (tertiary/aromatic N) is 2. The summed E-state index contributed by atoms with van der Waals surface area (Å²) < 4.78 is 4.77. The van der Waals surface area contributed by atoms with Gasteiger partial charge in [0.1, 0.15) is 12.2 Å². The van der Waals surface area contributed by atoms with Crippen LogP contribution in [0.3, 0.4) is 0 Å². The normalized spacial score (nSPS) is 10.6. The standard InChI is InChI=1S/C14H12N2O5/c1-10(17)13(14(18)21-7-3-6-15)9-11-4-2-5-12(8-11)16(19)20/h2,4-5,8-9H,3,7H2,1H3/b13-9+. The molecule has 0 aliphatic rings. The molecule has 0 saturated heterocycles. The van der Waals surface area contributed by atoms with Gasteiger partial charge in [0.2, 0.25) is 0 Å². The molecule has 0 aromatic heterocycles. The molecule has 0 saturated carbocycles. The number of ketones is 1. The predicted octanol–water partition coefficient (Wildman–Crippen LogP) is 2.02. The van der Waals surface area contributed by atoms with Crippen LogP contribution in [0.25, 0.3) is 6.08 Å². The van der Waals surface area contributed by atoms with Gasteiger partial charge in [0.05, 0.1) is 17.4 Å². The molecule has 0 amide bonds. The highest BCUT2D eigenvalue weighted by molar-refractivity contribution is 6.19. The Bertz CT molecular complexity index is 643. The highest BCUT2D eigenvalue weighted by Gasteiger charge is 2.16. The summed E-state index contributed by atoms with van der Waals surface area (Å²) in [5.74, 6) is -1.38. The van der Waals surface area contributed by atoms with Gasteiger partial charge in [-0.15, -0.1) is 0 Å². The molecule has 0 radical (unpaired) electrons. The first kappa shape index (κ1) is 16.0. The Hall–Kier alpha value is -3.01. The third kappa shape index (κ3) is 4.87. The van der Waals surface area contributed by atoms with Gasteiger partial charge in [0.25, 0.3) is 5.69 Å². The van der Waals surface area contributed by atoms with Crippen molar-refractivity contribution in [3.63, 3.8) is 0 Å². The van der Waals surface area contributed by atoms with Gasteiger partial charge >= 0.3 is 5.97 Å². The van der Waals surface area contributed by atoms with E-state index in [2.05, 4.69) is 0 Å². The molecule has 1 aromatic carbocycles. The highest BCUT2D eigenvalue weighted by Crippen LogP contribution is 2.16. The zero-order valence-corrected chi connectivity index (χ0v) is 11.2. The van der Waals surface area contributed by atoms with Crippen molar-refractivity contribution in [3.8, 4) is 6.07 Å². The summed E-state index contributed by atoms with van der Waals surface area (Å²) in [6, 6.07) is 7.32. The monoisotopic (exact) mass is 288 g/mol. The number of rotatable bonds is 6. The zero-order valence-electron chi connectivity index (χ0n) is 11.2. The van der Waals surface area contributed by atoms with Crippen molar-refractivity contribution in [2.24, 2.45) is 0 Å². The van der Waals surface area contributed by atoms with Gasteiger partial charge in [-0.25, -0.2) is 4.79 Å². The minimum atomic E-state index is -0.857. The van der Waals surface area contributed by atoms with E-state index in [4.69, 9.17) is 10.00 Å². The lowest BCUT2D eigenvalue weighted by Crippen LogP contribution is -2.14. The molecule has 108 valence electrons. The fraction of sp³-hybridized carbons (Fsp3) is 0.214. The van der Waals surface area contributed by atoms with Crippen LogP contribution >= 0.6 is 0 Å². The van der Waals surface area contributed by atoms with E-state index in [1.54, 1.807) is 6.07 Å². The molecule has 0 fully saturated rings. The van der Waals surface area contributed by atoms with Gasteiger partial charge in [0.15, 0.2) is 5.78 Å². The second-order valence-corrected chi connectivity index (χ2v) is 4.01. The van der Waals surface area contributed by atoms with Crippen LogP contribution < -0.4 is 0 Å². The van der Waals surface area contributed by atoms with Crippen molar-refractivity contribution in [2.45, 2.75) is 13.3 Å². The van der Waals surface area contributed by atoms with Crippen molar-refractivity contribution in [2.75, 3.05) is 6.61 Å². The summed E-state index contributed by atoms with van der Waals surface area (Å²) in [7, 11) is 0. The van der Waals surface area contributed by atoms with Crippen LogP contribution in [-0.4, -0.2) is 23.3 Å². The number of hydrogen-bond donors (Lipinski definition) is 0. The summed E-state index contributed by atoms with van der Waals surface area (Å²) in [5.41, 5.74) is -0.0374. The lowest BCUT2D eigenvalue weighted by Gasteiger charge is -2.04. The maximum Gasteiger partial charge on any atom is 0.341 e. The fourth-order valence-corrected chi connectivity index (χ4v) is 1.47. The van der Waals surface area contributed by atoms with Crippen LogP contribution in [0.2, 0.25) is 0 Å². The fourth-order valence-electron chi connectivity index (χ4n) is 1.47. The Kier molecular flexibility index (Phi) is 5.77. The third-order valence-electron chi connectivity index (χ3n) is 2.44. The van der Waals surface area contributed by atoms with E-state index >= 15 is 0 Å². The third-order valence-corrected chi connectivity index (χ3v) is 2.44. The van der Waals surface area contributed by atoms with E-state index in [0.29, 0.717) is 5.56 Å². The number of benzene rings is 1. The van der Waals surface area contributed by atoms with Gasteiger partial charge in [-0.3, -0.25) is 14.9 Å². The SMILES string of the molecule is CC(=O)/C(=C\c1cccc([N+](=O)[O-])c1)C(=O)OCCC#N. The van der Waals surface area contributed by atoms with Crippen LogP contribution in [-0.2, 0) is 14.3 Å². The van der Waals surface area contributed by atoms with E-state index in [1.165, 1.54) is 37.3 Å². The first-order chi connectivity index (χ1) is 9.95. The summed E-state index contributed by atoms with van der Waals surface area (Å²) in [6.45, 7) is 1.07. The number of hydrogen-bond acceptors (Lipinski definition) is 6. The Morgan fingerprint density at radius 1 is 1.48 bits per heavy atom. The Morgan fingerprint density at radius 3 is 2.76 bits per heavy atom. The van der Waals surface area contributed by atoms with Gasteiger partial charge in [-0.05, 0) is 18.6 Å². The molecule has 1 aromatic rings. The van der Waals surface area contributed by atoms with E-state index in [0.717, 1.165) is 0 Å². The van der Waals surface area contributed by atoms with Gasteiger partial charge < -0.3 is 4.74 Å². The second-order valence-electron chi connectivity index (χ2n) is 4.01. The lowest BCUT2D eigenvalue weighted by atomic mass is 10.1. The minimum Gasteiger partial charge on any atom is -0.461 e. The largest absolute Gasteiger partial charge is 0.461 e. The minimum absolute atomic E-state index is 0.0216. The summed E-state index contributed by atoms with van der Waals surface area (Å²) in [6.07, 6.45) is 1.25. The molecule has 1 rings (SSSR count). The molecule has 0 bridgehead atoms. The van der Waals surface area contributed by atoms with Crippen molar-refractivity contribution in [1.82, 2.24) is 0 Å². The van der Waals surface area contributed by atoms with E-state index in [1.807, 2.05) is 0 Å². The molecule has 0 aliphatic carbocycles. The summed E-state index contributed by atoms with van der Waals surface area (Å²) >= 11 is 0. The van der Waals surface area contributed by atoms with Crippen LogP contribution in [0, 0.1) is 21.4 Å². The number of esters is 1. The number of nitro groups is 1. The number of carbonyl (C=O) groups excluding carboxylic acids is 2. The number of nitriles is 1. The highest BCUT2D eigenvalue weighted by atomic mass is 16.6. The van der Waals surface area contributed by atoms with Crippen molar-refractivity contribution < 1.29 is 19.2 Å². The summed E-state index contributed by atoms with van der Waals surface area (Å²) in [4.78, 5) is 33.3. The number of non-ortho nitro benzene ring substituents is 1. The first-order valence-electron chi connectivity index (χ1n) is 5.97. The number of nitro benzene ring substituents is 1. The molecule has 0 aliphatic heterocycles. The van der Waals surface area contributed by atoms with E-state index in [-0.39, 0.29) is 24.3 Å². The van der Waals surface area contributed by atoms with Gasteiger partial charge in [-0.1, -0.05) is 12.1 Å². The smallest absolute Gasteiger partial charge is 0.341 e. The Labute approximate surface area is 120 Å². The van der Waals surface area contributed by atoms with Crippen molar-refractivity contribution in [1.29, 1.82) is 5.26 Å². The average molecular weight is 288 g/mol. The van der Waals surface area contributed by atoms with Gasteiger partial charge in [-0.2, -0.15) is 5.26 Å². The van der Waals surface area contributed by atoms with E-state index < -0.39 is 16.7 Å². The molecule has 21 heavy (non-hydrogen) atoms. The number of carbonyl (C=O) groups is 2. The quantitative estimate of drug-likeness (QED) is 0.151. The number of ether oxygens (including phenoxy) is 1. The zero-order chi connectivity index (χ0) is 15.8. The van der Waals surface area contributed by atoms with Gasteiger partial charge in [0, 0.05) is 12.1 Å². The van der Waals surface area contributed by atoms with Crippen molar-refractivity contribution >= 4 is 23.5 Å². The molecule has 7 nitrogen and oxygen atoms in total. The maximum absolute atomic E-state index is 11.7. The Morgan fingerprint density at radius 2 is 2.19 bits per heavy atom. The molecular formula is C14H12N2O5. The van der Waals surface area contributed by atoms with Crippen LogP contribution in [0.5, 0.6) is 0 Å². The molecule has 7 heteroatoms. The van der Waals surface area contributed by atoms with Crippen molar-refractivity contribution in [3.05, 3.63) is 45.5 Å².